The fraction of sp³-hybridized carbons (Fsp3) is 0.222. The molecule has 0 N–H and O–H groups in total. The lowest BCUT2D eigenvalue weighted by Crippen LogP contribution is -1.90. The number of aliphatic imine (C=N–C) groups is 1. The summed E-state index contributed by atoms with van der Waals surface area (Å²) in [6.45, 7) is 1.70. The van der Waals surface area contributed by atoms with Crippen molar-refractivity contribution in [3.05, 3.63) is 34.1 Å². The molecule has 0 aliphatic rings. The van der Waals surface area contributed by atoms with Crippen LogP contribution in [0, 0.1) is 5.82 Å². The number of carbonyl (C=O) groups excluding carboxylic acids is 1. The predicted octanol–water partition coefficient (Wildman–Crippen LogP) is 2.99. The van der Waals surface area contributed by atoms with Gasteiger partial charge in [-0.3, -0.25) is 0 Å². The van der Waals surface area contributed by atoms with Crippen LogP contribution in [0.1, 0.15) is 18.5 Å². The zero-order valence-electron chi connectivity index (χ0n) is 6.92. The summed E-state index contributed by atoms with van der Waals surface area (Å²) in [4.78, 5) is 13.4. The molecule has 1 aromatic carbocycles. The van der Waals surface area contributed by atoms with E-state index < -0.39 is 0 Å². The van der Waals surface area contributed by atoms with Crippen molar-refractivity contribution in [1.82, 2.24) is 0 Å². The van der Waals surface area contributed by atoms with Gasteiger partial charge < -0.3 is 0 Å². The molecule has 68 valence electrons. The second-order valence-corrected chi connectivity index (χ2v) is 3.51. The molecule has 0 fully saturated rings. The van der Waals surface area contributed by atoms with Crippen molar-refractivity contribution in [2.75, 3.05) is 0 Å². The van der Waals surface area contributed by atoms with Crippen molar-refractivity contribution < 1.29 is 9.18 Å². The first-order valence-corrected chi connectivity index (χ1v) is 4.45. The SMILES string of the molecule is CC(N=C=O)c1cc(F)cc(Br)c1. The third kappa shape index (κ3) is 2.76. The van der Waals surface area contributed by atoms with Crippen LogP contribution in [0.15, 0.2) is 27.7 Å². The molecule has 1 rings (SSSR count). The van der Waals surface area contributed by atoms with Gasteiger partial charge in [-0.25, -0.2) is 9.18 Å². The minimum Gasteiger partial charge on any atom is -0.211 e. The third-order valence-corrected chi connectivity index (χ3v) is 2.07. The highest BCUT2D eigenvalue weighted by Gasteiger charge is 2.05. The molecular weight excluding hydrogens is 237 g/mol. The van der Waals surface area contributed by atoms with Gasteiger partial charge in [-0.1, -0.05) is 15.9 Å². The van der Waals surface area contributed by atoms with E-state index in [2.05, 4.69) is 20.9 Å². The van der Waals surface area contributed by atoms with Crippen molar-refractivity contribution in [1.29, 1.82) is 0 Å². The van der Waals surface area contributed by atoms with Crippen LogP contribution in [0.2, 0.25) is 0 Å². The zero-order valence-corrected chi connectivity index (χ0v) is 8.51. The highest BCUT2D eigenvalue weighted by molar-refractivity contribution is 9.10. The van der Waals surface area contributed by atoms with E-state index in [4.69, 9.17) is 0 Å². The topological polar surface area (TPSA) is 29.4 Å². The van der Waals surface area contributed by atoms with E-state index in [1.165, 1.54) is 18.2 Å². The van der Waals surface area contributed by atoms with Crippen LogP contribution in [0.5, 0.6) is 0 Å². The van der Waals surface area contributed by atoms with Gasteiger partial charge in [0.25, 0.3) is 0 Å². The summed E-state index contributed by atoms with van der Waals surface area (Å²) in [5.41, 5.74) is 0.648. The Hall–Kier alpha value is -0.990. The van der Waals surface area contributed by atoms with E-state index >= 15 is 0 Å². The van der Waals surface area contributed by atoms with E-state index in [9.17, 15) is 9.18 Å². The Labute approximate surface area is 83.6 Å². The van der Waals surface area contributed by atoms with Gasteiger partial charge in [-0.15, -0.1) is 0 Å². The lowest BCUT2D eigenvalue weighted by atomic mass is 10.1. The fourth-order valence-corrected chi connectivity index (χ4v) is 1.45. The van der Waals surface area contributed by atoms with Crippen molar-refractivity contribution in [2.24, 2.45) is 4.99 Å². The Morgan fingerprint density at radius 2 is 2.23 bits per heavy atom. The summed E-state index contributed by atoms with van der Waals surface area (Å²) in [6.07, 6.45) is 1.44. The van der Waals surface area contributed by atoms with Crippen LogP contribution in [-0.4, -0.2) is 6.08 Å². The summed E-state index contributed by atoms with van der Waals surface area (Å²) >= 11 is 3.15. The summed E-state index contributed by atoms with van der Waals surface area (Å²) in [5, 5.41) is 0. The second kappa shape index (κ2) is 4.30. The Kier molecular flexibility index (Phi) is 3.34. The number of hydrogen-bond donors (Lipinski definition) is 0. The minimum absolute atomic E-state index is 0.350. The Morgan fingerprint density at radius 1 is 1.54 bits per heavy atom. The number of nitrogens with zero attached hydrogens (tertiary/aromatic N) is 1. The minimum atomic E-state index is -0.357. The molecule has 0 bridgehead atoms. The monoisotopic (exact) mass is 243 g/mol. The van der Waals surface area contributed by atoms with E-state index in [1.54, 1.807) is 13.0 Å². The molecule has 0 heterocycles. The summed E-state index contributed by atoms with van der Waals surface area (Å²) in [7, 11) is 0. The lowest BCUT2D eigenvalue weighted by Gasteiger charge is -2.04. The molecule has 13 heavy (non-hydrogen) atoms. The molecule has 1 atom stereocenters. The van der Waals surface area contributed by atoms with E-state index in [0.717, 1.165) is 0 Å². The molecule has 4 heteroatoms. The van der Waals surface area contributed by atoms with Crippen molar-refractivity contribution in [3.8, 4) is 0 Å². The van der Waals surface area contributed by atoms with Crippen LogP contribution in [0.3, 0.4) is 0 Å². The van der Waals surface area contributed by atoms with Crippen LogP contribution in [-0.2, 0) is 4.79 Å². The Morgan fingerprint density at radius 3 is 2.77 bits per heavy atom. The number of rotatable bonds is 2. The van der Waals surface area contributed by atoms with Crippen LogP contribution in [0.25, 0.3) is 0 Å². The maximum absolute atomic E-state index is 12.9. The standard InChI is InChI=1S/C9H7BrFNO/c1-6(12-5-13)7-2-8(10)4-9(11)3-7/h2-4,6H,1H3. The highest BCUT2D eigenvalue weighted by atomic mass is 79.9. The summed E-state index contributed by atoms with van der Waals surface area (Å²) < 4.78 is 13.5. The van der Waals surface area contributed by atoms with E-state index in [-0.39, 0.29) is 11.9 Å². The van der Waals surface area contributed by atoms with Gasteiger partial charge in [-0.2, -0.15) is 4.99 Å². The normalized spacial score (nSPS) is 11.9. The summed E-state index contributed by atoms with van der Waals surface area (Å²) in [6, 6.07) is 4.05. The summed E-state index contributed by atoms with van der Waals surface area (Å²) in [5.74, 6) is -0.350. The first kappa shape index (κ1) is 10.1. The first-order valence-electron chi connectivity index (χ1n) is 3.66. The third-order valence-electron chi connectivity index (χ3n) is 1.61. The van der Waals surface area contributed by atoms with Gasteiger partial charge in [0.05, 0.1) is 6.04 Å². The molecular formula is C9H7BrFNO. The van der Waals surface area contributed by atoms with Crippen molar-refractivity contribution in [3.63, 3.8) is 0 Å². The van der Waals surface area contributed by atoms with Gasteiger partial charge in [0.15, 0.2) is 0 Å². The molecule has 0 aliphatic carbocycles. The number of benzene rings is 1. The van der Waals surface area contributed by atoms with Gasteiger partial charge in [-0.05, 0) is 30.7 Å². The van der Waals surface area contributed by atoms with Crippen LogP contribution in [0.4, 0.5) is 4.39 Å². The Bertz CT molecular complexity index is 340. The molecule has 0 saturated heterocycles. The zero-order chi connectivity index (χ0) is 9.84. The maximum atomic E-state index is 12.9. The second-order valence-electron chi connectivity index (χ2n) is 2.60. The van der Waals surface area contributed by atoms with Gasteiger partial charge in [0.2, 0.25) is 6.08 Å². The maximum Gasteiger partial charge on any atom is 0.235 e. The molecule has 0 saturated carbocycles. The molecule has 0 spiro atoms. The molecule has 1 unspecified atom stereocenters. The number of hydrogen-bond acceptors (Lipinski definition) is 2. The number of halogens is 2. The average molecular weight is 244 g/mol. The highest BCUT2D eigenvalue weighted by Crippen LogP contribution is 2.21. The lowest BCUT2D eigenvalue weighted by molar-refractivity contribution is 0.559. The molecule has 0 radical (unpaired) electrons. The molecule has 2 nitrogen and oxygen atoms in total. The van der Waals surface area contributed by atoms with Crippen LogP contribution >= 0.6 is 15.9 Å². The largest absolute Gasteiger partial charge is 0.235 e. The van der Waals surface area contributed by atoms with Crippen LogP contribution < -0.4 is 0 Å². The van der Waals surface area contributed by atoms with E-state index in [1.807, 2.05) is 0 Å². The Balaban J connectivity index is 3.07. The molecule has 0 aromatic heterocycles. The van der Waals surface area contributed by atoms with Gasteiger partial charge >= 0.3 is 0 Å². The number of isocyanates is 1. The predicted molar refractivity (Wildman–Crippen MR) is 50.6 cm³/mol. The molecule has 1 aromatic rings. The van der Waals surface area contributed by atoms with Gasteiger partial charge in [0.1, 0.15) is 5.82 Å². The van der Waals surface area contributed by atoms with Crippen molar-refractivity contribution >= 4 is 22.0 Å². The molecule has 0 amide bonds. The smallest absolute Gasteiger partial charge is 0.211 e. The quantitative estimate of drug-likeness (QED) is 0.580. The van der Waals surface area contributed by atoms with Crippen molar-refractivity contribution in [2.45, 2.75) is 13.0 Å². The van der Waals surface area contributed by atoms with Gasteiger partial charge in [0, 0.05) is 4.47 Å². The first-order chi connectivity index (χ1) is 6.13. The van der Waals surface area contributed by atoms with E-state index in [0.29, 0.717) is 10.0 Å². The molecule has 0 aliphatic heterocycles. The fourth-order valence-electron chi connectivity index (χ4n) is 0.970. The average Bonchev–Trinajstić information content (AvgIpc) is 2.03.